The number of hydrogen-bond acceptors (Lipinski definition) is 6. The third-order valence-electron chi connectivity index (χ3n) is 6.52. The number of cyclic esters (lactones) is 1. The highest BCUT2D eigenvalue weighted by molar-refractivity contribution is 6.04. The number of fused-ring (bicyclic) bond motifs is 3. The average Bonchev–Trinajstić information content (AvgIpc) is 3.14. The fraction of sp³-hybridized carbons (Fsp3) is 0.0357. The van der Waals surface area contributed by atoms with Crippen molar-refractivity contribution in [3.63, 3.8) is 0 Å². The zero-order chi connectivity index (χ0) is 23.6. The van der Waals surface area contributed by atoms with Gasteiger partial charge in [0.1, 0.15) is 23.0 Å². The Hall–Kier alpha value is -4.71. The molecule has 1 heterocycles. The molecule has 0 fully saturated rings. The van der Waals surface area contributed by atoms with E-state index in [2.05, 4.69) is 0 Å². The molecule has 0 unspecified atom stereocenters. The Kier molecular flexibility index (Phi) is 4.04. The molecule has 0 saturated heterocycles. The minimum absolute atomic E-state index is 0.0409. The normalized spacial score (nSPS) is 14.3. The summed E-state index contributed by atoms with van der Waals surface area (Å²) in [6, 6.07) is 22.6. The van der Waals surface area contributed by atoms with Crippen molar-refractivity contribution >= 4 is 27.5 Å². The summed E-state index contributed by atoms with van der Waals surface area (Å²) in [7, 11) is 0. The lowest BCUT2D eigenvalue weighted by atomic mass is 9.76. The molecule has 6 nitrogen and oxygen atoms in total. The summed E-state index contributed by atoms with van der Waals surface area (Å²) in [6.45, 7) is 0. The third-order valence-corrected chi connectivity index (χ3v) is 6.52. The predicted molar refractivity (Wildman–Crippen MR) is 126 cm³/mol. The highest BCUT2D eigenvalue weighted by Gasteiger charge is 2.50. The summed E-state index contributed by atoms with van der Waals surface area (Å²) in [4.78, 5) is 13.2. The molecule has 6 rings (SSSR count). The van der Waals surface area contributed by atoms with Crippen molar-refractivity contribution in [2.75, 3.05) is 0 Å². The number of carbonyl (C=O) groups is 1. The summed E-state index contributed by atoms with van der Waals surface area (Å²) in [5.41, 5.74) is 0.101. The van der Waals surface area contributed by atoms with Crippen LogP contribution < -0.4 is 0 Å². The van der Waals surface area contributed by atoms with Gasteiger partial charge in [-0.15, -0.1) is 0 Å². The van der Waals surface area contributed by atoms with Gasteiger partial charge in [-0.2, -0.15) is 0 Å². The molecule has 34 heavy (non-hydrogen) atoms. The van der Waals surface area contributed by atoms with Gasteiger partial charge in [-0.1, -0.05) is 42.5 Å². The van der Waals surface area contributed by atoms with Gasteiger partial charge in [0.2, 0.25) is 0 Å². The van der Waals surface area contributed by atoms with E-state index in [1.54, 1.807) is 60.7 Å². The molecular weight excluding hydrogens is 432 g/mol. The first-order valence-corrected chi connectivity index (χ1v) is 10.6. The second kappa shape index (κ2) is 6.89. The molecule has 4 N–H and O–H groups in total. The monoisotopic (exact) mass is 450 g/mol. The van der Waals surface area contributed by atoms with Crippen LogP contribution in [0.1, 0.15) is 27.0 Å². The molecule has 0 aliphatic carbocycles. The average molecular weight is 450 g/mol. The van der Waals surface area contributed by atoms with Gasteiger partial charge in [-0.3, -0.25) is 0 Å². The quantitative estimate of drug-likeness (QED) is 0.273. The van der Waals surface area contributed by atoms with Crippen LogP contribution in [0.15, 0.2) is 84.9 Å². The number of hydrogen-bond donors (Lipinski definition) is 4. The lowest BCUT2D eigenvalue weighted by Crippen LogP contribution is -2.30. The molecular formula is C28H18O6. The topological polar surface area (TPSA) is 107 Å². The molecule has 166 valence electrons. The molecule has 0 radical (unpaired) electrons. The first-order valence-electron chi connectivity index (χ1n) is 10.6. The van der Waals surface area contributed by atoms with Crippen molar-refractivity contribution in [1.82, 2.24) is 0 Å². The minimum atomic E-state index is -1.58. The molecule has 5 aromatic rings. The summed E-state index contributed by atoms with van der Waals surface area (Å²) in [5.74, 6) is -0.850. The highest BCUT2D eigenvalue weighted by Crippen LogP contribution is 2.54. The minimum Gasteiger partial charge on any atom is -0.507 e. The summed E-state index contributed by atoms with van der Waals surface area (Å²) in [5, 5.41) is 44.2. The summed E-state index contributed by atoms with van der Waals surface area (Å²) < 4.78 is 6.17. The van der Waals surface area contributed by atoms with Crippen LogP contribution in [-0.2, 0) is 10.3 Å². The van der Waals surface area contributed by atoms with Gasteiger partial charge in [-0.05, 0) is 42.5 Å². The SMILES string of the molecule is O=C1OC(c2ccc(O)c3cccc(O)c23)(c2ccc(O)c3cccc(O)c23)c2ccccc21. The van der Waals surface area contributed by atoms with Crippen LogP contribution in [0.25, 0.3) is 21.5 Å². The Bertz CT molecular complexity index is 1560. The van der Waals surface area contributed by atoms with E-state index in [1.807, 2.05) is 0 Å². The number of phenolic OH excluding ortho intramolecular Hbond substituents is 4. The zero-order valence-corrected chi connectivity index (χ0v) is 17.7. The van der Waals surface area contributed by atoms with E-state index in [1.165, 1.54) is 24.3 Å². The molecule has 0 atom stereocenters. The number of carbonyl (C=O) groups excluding carboxylic acids is 1. The fourth-order valence-corrected chi connectivity index (χ4v) is 5.09. The Morgan fingerprint density at radius 2 is 1.06 bits per heavy atom. The van der Waals surface area contributed by atoms with E-state index in [0.717, 1.165) is 0 Å². The number of ether oxygens (including phenoxy) is 1. The van der Waals surface area contributed by atoms with Gasteiger partial charge in [0.05, 0.1) is 5.56 Å². The van der Waals surface area contributed by atoms with Crippen LogP contribution in [0.2, 0.25) is 0 Å². The van der Waals surface area contributed by atoms with Crippen molar-refractivity contribution < 1.29 is 30.0 Å². The molecule has 0 bridgehead atoms. The maximum absolute atomic E-state index is 13.2. The van der Waals surface area contributed by atoms with Crippen LogP contribution in [0.3, 0.4) is 0 Å². The van der Waals surface area contributed by atoms with E-state index in [-0.39, 0.29) is 23.0 Å². The first kappa shape index (κ1) is 19.9. The largest absolute Gasteiger partial charge is 0.507 e. The van der Waals surface area contributed by atoms with Gasteiger partial charge in [0.15, 0.2) is 5.60 Å². The van der Waals surface area contributed by atoms with Crippen LogP contribution >= 0.6 is 0 Å². The van der Waals surface area contributed by atoms with E-state index in [0.29, 0.717) is 43.8 Å². The van der Waals surface area contributed by atoms with Gasteiger partial charge < -0.3 is 25.2 Å². The smallest absolute Gasteiger partial charge is 0.340 e. The van der Waals surface area contributed by atoms with Crippen LogP contribution in [0.4, 0.5) is 0 Å². The number of benzene rings is 5. The predicted octanol–water partition coefficient (Wildman–Crippen LogP) is 5.28. The number of rotatable bonds is 2. The zero-order valence-electron chi connectivity index (χ0n) is 17.7. The first-order chi connectivity index (χ1) is 16.4. The molecule has 6 heteroatoms. The van der Waals surface area contributed by atoms with Gasteiger partial charge >= 0.3 is 5.97 Å². The second-order valence-corrected chi connectivity index (χ2v) is 8.28. The van der Waals surface area contributed by atoms with Crippen LogP contribution in [0.5, 0.6) is 23.0 Å². The molecule has 0 spiro atoms. The van der Waals surface area contributed by atoms with Crippen molar-refractivity contribution in [3.05, 3.63) is 107 Å². The Morgan fingerprint density at radius 1 is 0.529 bits per heavy atom. The standard InChI is InChI=1S/C28H18O6/c29-21-13-11-19(25-16(21)6-3-9-23(25)31)28(18-8-2-1-5-15(18)27(33)34-28)20-12-14-22(30)17-7-4-10-24(32)26(17)20/h1-14,29-32H. The molecule has 0 aromatic heterocycles. The van der Waals surface area contributed by atoms with Crippen molar-refractivity contribution in [3.8, 4) is 23.0 Å². The van der Waals surface area contributed by atoms with Gasteiger partial charge in [0, 0.05) is 38.2 Å². The number of aromatic hydroxyl groups is 4. The molecule has 5 aromatic carbocycles. The van der Waals surface area contributed by atoms with Crippen molar-refractivity contribution in [2.24, 2.45) is 0 Å². The van der Waals surface area contributed by atoms with E-state index in [4.69, 9.17) is 4.74 Å². The summed E-state index contributed by atoms with van der Waals surface area (Å²) in [6.07, 6.45) is 0. The number of esters is 1. The Balaban J connectivity index is 1.86. The second-order valence-electron chi connectivity index (χ2n) is 8.28. The van der Waals surface area contributed by atoms with Crippen molar-refractivity contribution in [2.45, 2.75) is 5.60 Å². The van der Waals surface area contributed by atoms with Crippen molar-refractivity contribution in [1.29, 1.82) is 0 Å². The van der Waals surface area contributed by atoms with E-state index < -0.39 is 11.6 Å². The molecule has 0 amide bonds. The van der Waals surface area contributed by atoms with Gasteiger partial charge in [0.25, 0.3) is 0 Å². The number of phenols is 4. The Labute approximate surface area is 193 Å². The summed E-state index contributed by atoms with van der Waals surface area (Å²) >= 11 is 0. The Morgan fingerprint density at radius 3 is 1.62 bits per heavy atom. The lowest BCUT2D eigenvalue weighted by molar-refractivity contribution is 0.0259. The third kappa shape index (κ3) is 2.48. The lowest BCUT2D eigenvalue weighted by Gasteiger charge is -2.33. The fourth-order valence-electron chi connectivity index (χ4n) is 5.09. The molecule has 1 aliphatic rings. The molecule has 1 aliphatic heterocycles. The maximum Gasteiger partial charge on any atom is 0.340 e. The molecule has 0 saturated carbocycles. The van der Waals surface area contributed by atoms with Crippen LogP contribution in [-0.4, -0.2) is 26.4 Å². The van der Waals surface area contributed by atoms with E-state index >= 15 is 0 Å². The van der Waals surface area contributed by atoms with Gasteiger partial charge in [-0.25, -0.2) is 4.79 Å². The highest BCUT2D eigenvalue weighted by atomic mass is 16.6. The van der Waals surface area contributed by atoms with E-state index in [9.17, 15) is 25.2 Å². The maximum atomic E-state index is 13.2. The van der Waals surface area contributed by atoms with Crippen LogP contribution in [0, 0.1) is 0 Å².